The van der Waals surface area contributed by atoms with Crippen LogP contribution in [-0.4, -0.2) is 23.2 Å². The molecule has 0 saturated carbocycles. The number of rotatable bonds is 4. The zero-order chi connectivity index (χ0) is 13.8. The highest BCUT2D eigenvalue weighted by Gasteiger charge is 2.14. The Morgan fingerprint density at radius 1 is 1.37 bits per heavy atom. The summed E-state index contributed by atoms with van der Waals surface area (Å²) in [7, 11) is 1.61. The van der Waals surface area contributed by atoms with Gasteiger partial charge in [0.1, 0.15) is 0 Å². The summed E-state index contributed by atoms with van der Waals surface area (Å²) >= 11 is 0. The highest BCUT2D eigenvalue weighted by Crippen LogP contribution is 2.18. The number of nitrogens with zero attached hydrogens (tertiary/aromatic N) is 1. The third-order valence-corrected chi connectivity index (χ3v) is 2.93. The normalized spacial score (nSPS) is 10.5. The standard InChI is InChI=1S/C14H17N3O2/c1-9-13(10(2)17-16-9)15-14(18)12-7-5-4-6-11(12)8-19-3/h4-7H,8H2,1-3H3,(H,15,18)(H,16,17). The average Bonchev–Trinajstić information content (AvgIpc) is 2.71. The lowest BCUT2D eigenvalue weighted by Crippen LogP contribution is -2.15. The Kier molecular flexibility index (Phi) is 3.97. The van der Waals surface area contributed by atoms with Crippen LogP contribution in [0.15, 0.2) is 24.3 Å². The van der Waals surface area contributed by atoms with Crippen LogP contribution in [-0.2, 0) is 11.3 Å². The highest BCUT2D eigenvalue weighted by atomic mass is 16.5. The molecule has 1 heterocycles. The molecule has 100 valence electrons. The molecule has 0 aliphatic heterocycles. The lowest BCUT2D eigenvalue weighted by Gasteiger charge is -2.09. The van der Waals surface area contributed by atoms with E-state index in [1.807, 2.05) is 32.0 Å². The number of benzene rings is 1. The van der Waals surface area contributed by atoms with Crippen LogP contribution in [0.5, 0.6) is 0 Å². The number of methoxy groups -OCH3 is 1. The second-order valence-electron chi connectivity index (χ2n) is 4.35. The summed E-state index contributed by atoms with van der Waals surface area (Å²) in [6, 6.07) is 7.39. The van der Waals surface area contributed by atoms with Gasteiger partial charge in [0, 0.05) is 12.7 Å². The van der Waals surface area contributed by atoms with Gasteiger partial charge in [-0.15, -0.1) is 0 Å². The molecule has 5 heteroatoms. The van der Waals surface area contributed by atoms with Gasteiger partial charge in [0.25, 0.3) is 5.91 Å². The number of ether oxygens (including phenoxy) is 1. The molecule has 0 aliphatic carbocycles. The molecule has 1 aromatic heterocycles. The van der Waals surface area contributed by atoms with Crippen molar-refractivity contribution in [2.75, 3.05) is 12.4 Å². The van der Waals surface area contributed by atoms with Crippen molar-refractivity contribution >= 4 is 11.6 Å². The summed E-state index contributed by atoms with van der Waals surface area (Å²) in [5.74, 6) is -0.153. The van der Waals surface area contributed by atoms with E-state index >= 15 is 0 Å². The maximum Gasteiger partial charge on any atom is 0.256 e. The molecule has 1 aromatic carbocycles. The number of anilines is 1. The first-order valence-electron chi connectivity index (χ1n) is 6.03. The highest BCUT2D eigenvalue weighted by molar-refractivity contribution is 6.05. The summed E-state index contributed by atoms with van der Waals surface area (Å²) in [5.41, 5.74) is 3.83. The summed E-state index contributed by atoms with van der Waals surface area (Å²) in [4.78, 5) is 12.3. The molecule has 0 fully saturated rings. The van der Waals surface area contributed by atoms with Gasteiger partial charge in [-0.05, 0) is 25.5 Å². The molecule has 0 unspecified atom stereocenters. The number of hydrogen-bond donors (Lipinski definition) is 2. The van der Waals surface area contributed by atoms with Crippen molar-refractivity contribution in [2.45, 2.75) is 20.5 Å². The SMILES string of the molecule is COCc1ccccc1C(=O)Nc1c(C)n[nH]c1C. The molecule has 0 radical (unpaired) electrons. The summed E-state index contributed by atoms with van der Waals surface area (Å²) in [6.07, 6.45) is 0. The molecule has 0 atom stereocenters. The molecule has 0 aliphatic rings. The molecule has 2 aromatic rings. The number of carbonyl (C=O) groups is 1. The fourth-order valence-corrected chi connectivity index (χ4v) is 1.94. The first kappa shape index (κ1) is 13.3. The second kappa shape index (κ2) is 5.67. The lowest BCUT2D eigenvalue weighted by atomic mass is 10.1. The molecule has 2 rings (SSSR count). The number of aryl methyl sites for hydroxylation is 2. The molecule has 1 amide bonds. The predicted octanol–water partition coefficient (Wildman–Crippen LogP) is 2.43. The van der Waals surface area contributed by atoms with Gasteiger partial charge in [-0.25, -0.2) is 0 Å². The Labute approximate surface area is 112 Å². The van der Waals surface area contributed by atoms with Crippen molar-refractivity contribution in [3.05, 3.63) is 46.8 Å². The van der Waals surface area contributed by atoms with Crippen LogP contribution in [0.4, 0.5) is 5.69 Å². The number of carbonyl (C=O) groups excluding carboxylic acids is 1. The van der Waals surface area contributed by atoms with Crippen molar-refractivity contribution in [3.63, 3.8) is 0 Å². The summed E-state index contributed by atoms with van der Waals surface area (Å²) in [5, 5.41) is 9.79. The van der Waals surface area contributed by atoms with E-state index in [1.54, 1.807) is 13.2 Å². The number of aromatic amines is 1. The monoisotopic (exact) mass is 259 g/mol. The van der Waals surface area contributed by atoms with Gasteiger partial charge in [0.2, 0.25) is 0 Å². The van der Waals surface area contributed by atoms with Crippen LogP contribution in [0.1, 0.15) is 27.3 Å². The number of nitrogens with one attached hydrogen (secondary N) is 2. The van der Waals surface area contributed by atoms with Crippen LogP contribution in [0.3, 0.4) is 0 Å². The van der Waals surface area contributed by atoms with Gasteiger partial charge in [0.05, 0.1) is 23.7 Å². The molecular weight excluding hydrogens is 242 g/mol. The Morgan fingerprint density at radius 3 is 2.74 bits per heavy atom. The van der Waals surface area contributed by atoms with E-state index < -0.39 is 0 Å². The van der Waals surface area contributed by atoms with Gasteiger partial charge in [-0.3, -0.25) is 9.89 Å². The maximum atomic E-state index is 12.3. The predicted molar refractivity (Wildman–Crippen MR) is 73.2 cm³/mol. The van der Waals surface area contributed by atoms with Crippen molar-refractivity contribution < 1.29 is 9.53 Å². The fourth-order valence-electron chi connectivity index (χ4n) is 1.94. The van der Waals surface area contributed by atoms with E-state index in [0.29, 0.717) is 12.2 Å². The number of amides is 1. The molecular formula is C14H17N3O2. The number of H-pyrrole nitrogens is 1. The molecule has 5 nitrogen and oxygen atoms in total. The topological polar surface area (TPSA) is 67.0 Å². The Balaban J connectivity index is 2.25. The maximum absolute atomic E-state index is 12.3. The Hall–Kier alpha value is -2.14. The zero-order valence-corrected chi connectivity index (χ0v) is 11.3. The molecule has 0 saturated heterocycles. The van der Waals surface area contributed by atoms with Gasteiger partial charge >= 0.3 is 0 Å². The first-order chi connectivity index (χ1) is 9.13. The number of aromatic nitrogens is 2. The van der Waals surface area contributed by atoms with Crippen molar-refractivity contribution in [1.82, 2.24) is 10.2 Å². The largest absolute Gasteiger partial charge is 0.380 e. The van der Waals surface area contributed by atoms with Crippen LogP contribution in [0.2, 0.25) is 0 Å². The summed E-state index contributed by atoms with van der Waals surface area (Å²) < 4.78 is 5.10. The molecule has 19 heavy (non-hydrogen) atoms. The van der Waals surface area contributed by atoms with Gasteiger partial charge in [-0.1, -0.05) is 18.2 Å². The average molecular weight is 259 g/mol. The lowest BCUT2D eigenvalue weighted by molar-refractivity contribution is 0.102. The smallest absolute Gasteiger partial charge is 0.256 e. The van der Waals surface area contributed by atoms with Crippen molar-refractivity contribution in [3.8, 4) is 0 Å². The Bertz CT molecular complexity index is 571. The Morgan fingerprint density at radius 2 is 2.11 bits per heavy atom. The first-order valence-corrected chi connectivity index (χ1v) is 6.03. The third kappa shape index (κ3) is 2.82. The van der Waals surface area contributed by atoms with E-state index in [1.165, 1.54) is 0 Å². The van der Waals surface area contributed by atoms with Crippen LogP contribution >= 0.6 is 0 Å². The van der Waals surface area contributed by atoms with E-state index in [-0.39, 0.29) is 5.91 Å². The van der Waals surface area contributed by atoms with Crippen molar-refractivity contribution in [1.29, 1.82) is 0 Å². The van der Waals surface area contributed by atoms with E-state index in [9.17, 15) is 4.79 Å². The van der Waals surface area contributed by atoms with Crippen LogP contribution < -0.4 is 5.32 Å². The van der Waals surface area contributed by atoms with E-state index in [0.717, 1.165) is 22.6 Å². The van der Waals surface area contributed by atoms with E-state index in [2.05, 4.69) is 15.5 Å². The second-order valence-corrected chi connectivity index (χ2v) is 4.35. The minimum Gasteiger partial charge on any atom is -0.380 e. The van der Waals surface area contributed by atoms with Gasteiger partial charge in [0.15, 0.2) is 0 Å². The minimum absolute atomic E-state index is 0.153. The molecule has 2 N–H and O–H groups in total. The van der Waals surface area contributed by atoms with E-state index in [4.69, 9.17) is 4.74 Å². The van der Waals surface area contributed by atoms with Gasteiger partial charge < -0.3 is 10.1 Å². The van der Waals surface area contributed by atoms with Gasteiger partial charge in [-0.2, -0.15) is 5.10 Å². The van der Waals surface area contributed by atoms with Crippen LogP contribution in [0.25, 0.3) is 0 Å². The zero-order valence-electron chi connectivity index (χ0n) is 11.3. The third-order valence-electron chi connectivity index (χ3n) is 2.93. The summed E-state index contributed by atoms with van der Waals surface area (Å²) in [6.45, 7) is 4.13. The fraction of sp³-hybridized carbons (Fsp3) is 0.286. The minimum atomic E-state index is -0.153. The quantitative estimate of drug-likeness (QED) is 0.886. The van der Waals surface area contributed by atoms with Crippen LogP contribution in [0, 0.1) is 13.8 Å². The molecule has 0 spiro atoms. The van der Waals surface area contributed by atoms with Crippen molar-refractivity contribution in [2.24, 2.45) is 0 Å². The molecule has 0 bridgehead atoms. The number of hydrogen-bond acceptors (Lipinski definition) is 3.